The van der Waals surface area contributed by atoms with Crippen molar-refractivity contribution in [2.45, 2.75) is 124 Å². The Morgan fingerprint density at radius 2 is 1.47 bits per heavy atom. The van der Waals surface area contributed by atoms with Crippen molar-refractivity contribution in [2.75, 3.05) is 6.61 Å². The summed E-state index contributed by atoms with van der Waals surface area (Å²) >= 11 is 0. The van der Waals surface area contributed by atoms with Crippen LogP contribution in [0.1, 0.15) is 133 Å². The van der Waals surface area contributed by atoms with E-state index in [0.717, 1.165) is 23.3 Å². The van der Waals surface area contributed by atoms with Gasteiger partial charge in [-0.2, -0.15) is 0 Å². The number of hydrogen-bond donors (Lipinski definition) is 0. The summed E-state index contributed by atoms with van der Waals surface area (Å²) in [6.45, 7) is 10.9. The van der Waals surface area contributed by atoms with E-state index in [4.69, 9.17) is 4.74 Å². The molecule has 2 amide bonds. The van der Waals surface area contributed by atoms with E-state index in [0.29, 0.717) is 12.2 Å². The highest BCUT2D eigenvalue weighted by atomic mass is 16.5. The Balaban J connectivity index is 1.85. The molecule has 0 aliphatic heterocycles. The van der Waals surface area contributed by atoms with E-state index in [9.17, 15) is 9.59 Å². The molecule has 0 spiro atoms. The number of benzene rings is 1. The molecule has 0 saturated heterocycles. The van der Waals surface area contributed by atoms with Gasteiger partial charge < -0.3 is 4.74 Å². The van der Waals surface area contributed by atoms with Crippen molar-refractivity contribution in [1.82, 2.24) is 9.88 Å². The molecule has 0 radical (unpaired) electrons. The van der Waals surface area contributed by atoms with Gasteiger partial charge >= 0.3 is 0 Å². The van der Waals surface area contributed by atoms with Crippen molar-refractivity contribution in [3.05, 3.63) is 59.4 Å². The predicted octanol–water partition coefficient (Wildman–Crippen LogP) is 8.65. The molecule has 0 fully saturated rings. The standard InChI is InChI=1S/C33H50N2O3/c1-6-7-8-9-10-11-12-13-14-15-16-17-23-38-31-21-20-29(24-30(31)33(3,4)5)32(37)35(27(2)36)26-28-19-18-22-34-25-28/h18-22,24-25H,6-17,23,26H2,1-5H3. The smallest absolute Gasteiger partial charge is 0.260 e. The average molecular weight is 523 g/mol. The fourth-order valence-corrected chi connectivity index (χ4v) is 4.66. The molecular weight excluding hydrogens is 472 g/mol. The molecular formula is C33H50N2O3. The van der Waals surface area contributed by atoms with Gasteiger partial charge in [-0.3, -0.25) is 19.5 Å². The van der Waals surface area contributed by atoms with Gasteiger partial charge in [0.1, 0.15) is 5.75 Å². The third kappa shape index (κ3) is 11.4. The largest absolute Gasteiger partial charge is 0.493 e. The molecule has 5 nitrogen and oxygen atoms in total. The molecule has 1 aromatic heterocycles. The number of hydrogen-bond acceptors (Lipinski definition) is 4. The van der Waals surface area contributed by atoms with E-state index in [2.05, 4.69) is 32.7 Å². The number of pyridine rings is 1. The number of unbranched alkanes of at least 4 members (excludes halogenated alkanes) is 11. The summed E-state index contributed by atoms with van der Waals surface area (Å²) in [6.07, 6.45) is 19.1. The van der Waals surface area contributed by atoms with Crippen LogP contribution in [0.4, 0.5) is 0 Å². The van der Waals surface area contributed by atoms with Crippen LogP contribution in [0.5, 0.6) is 5.75 Å². The second-order valence-electron chi connectivity index (χ2n) is 11.5. The Hall–Kier alpha value is -2.69. The van der Waals surface area contributed by atoms with E-state index in [1.165, 1.54) is 82.5 Å². The first-order chi connectivity index (χ1) is 18.2. The van der Waals surface area contributed by atoms with Crippen molar-refractivity contribution < 1.29 is 14.3 Å². The van der Waals surface area contributed by atoms with Crippen molar-refractivity contribution in [1.29, 1.82) is 0 Å². The summed E-state index contributed by atoms with van der Waals surface area (Å²) < 4.78 is 6.19. The Labute approximate surface area is 231 Å². The number of carbonyl (C=O) groups excluding carboxylic acids is 2. The molecule has 210 valence electrons. The first-order valence-corrected chi connectivity index (χ1v) is 14.7. The van der Waals surface area contributed by atoms with Crippen LogP contribution >= 0.6 is 0 Å². The average Bonchev–Trinajstić information content (AvgIpc) is 2.89. The van der Waals surface area contributed by atoms with Gasteiger partial charge in [0.05, 0.1) is 13.2 Å². The summed E-state index contributed by atoms with van der Waals surface area (Å²) in [5.41, 5.74) is 2.08. The molecule has 0 atom stereocenters. The zero-order valence-corrected chi connectivity index (χ0v) is 24.6. The summed E-state index contributed by atoms with van der Waals surface area (Å²) in [5.74, 6) is 0.224. The third-order valence-corrected chi connectivity index (χ3v) is 6.98. The van der Waals surface area contributed by atoms with Crippen LogP contribution in [0.3, 0.4) is 0 Å². The minimum atomic E-state index is -0.306. The molecule has 0 unspecified atom stereocenters. The first kappa shape index (κ1) is 31.5. The van der Waals surface area contributed by atoms with Crippen molar-refractivity contribution in [3.8, 4) is 5.75 Å². The van der Waals surface area contributed by atoms with Gasteiger partial charge in [-0.25, -0.2) is 0 Å². The molecule has 0 bridgehead atoms. The lowest BCUT2D eigenvalue weighted by Crippen LogP contribution is -2.35. The van der Waals surface area contributed by atoms with Crippen LogP contribution in [-0.4, -0.2) is 28.3 Å². The molecule has 0 saturated carbocycles. The van der Waals surface area contributed by atoms with Crippen molar-refractivity contribution in [3.63, 3.8) is 0 Å². The lowest BCUT2D eigenvalue weighted by Gasteiger charge is -2.25. The lowest BCUT2D eigenvalue weighted by molar-refractivity contribution is -0.126. The maximum Gasteiger partial charge on any atom is 0.260 e. The van der Waals surface area contributed by atoms with Gasteiger partial charge in [0, 0.05) is 30.4 Å². The molecule has 0 aliphatic carbocycles. The van der Waals surface area contributed by atoms with Gasteiger partial charge in [-0.15, -0.1) is 0 Å². The normalized spacial score (nSPS) is 11.4. The monoisotopic (exact) mass is 522 g/mol. The molecule has 5 heteroatoms. The van der Waals surface area contributed by atoms with Crippen molar-refractivity contribution in [2.24, 2.45) is 0 Å². The second-order valence-corrected chi connectivity index (χ2v) is 11.5. The molecule has 2 aromatic rings. The van der Waals surface area contributed by atoms with Gasteiger partial charge in [0.2, 0.25) is 5.91 Å². The quantitative estimate of drug-likeness (QED) is 0.195. The van der Waals surface area contributed by atoms with E-state index in [1.807, 2.05) is 18.2 Å². The Kier molecular flexibility index (Phi) is 14.1. The van der Waals surface area contributed by atoms with E-state index < -0.39 is 0 Å². The van der Waals surface area contributed by atoms with Crippen molar-refractivity contribution >= 4 is 11.8 Å². The third-order valence-electron chi connectivity index (χ3n) is 6.98. The van der Waals surface area contributed by atoms with E-state index in [1.54, 1.807) is 24.5 Å². The highest BCUT2D eigenvalue weighted by Crippen LogP contribution is 2.33. The molecule has 1 heterocycles. The number of amides is 2. The van der Waals surface area contributed by atoms with E-state index >= 15 is 0 Å². The first-order valence-electron chi connectivity index (χ1n) is 14.7. The Bertz CT molecular complexity index is 966. The number of imide groups is 1. The zero-order valence-electron chi connectivity index (χ0n) is 24.6. The Morgan fingerprint density at radius 3 is 2.00 bits per heavy atom. The molecule has 1 aromatic carbocycles. The number of ether oxygens (including phenoxy) is 1. The highest BCUT2D eigenvalue weighted by molar-refractivity contribution is 6.04. The van der Waals surface area contributed by atoms with Gasteiger partial charge in [0.25, 0.3) is 5.91 Å². The maximum atomic E-state index is 13.3. The van der Waals surface area contributed by atoms with Crippen LogP contribution in [0, 0.1) is 0 Å². The topological polar surface area (TPSA) is 59.5 Å². The van der Waals surface area contributed by atoms with Crippen LogP contribution < -0.4 is 4.74 Å². The number of aromatic nitrogens is 1. The van der Waals surface area contributed by atoms with Crippen LogP contribution in [0.2, 0.25) is 0 Å². The second kappa shape index (κ2) is 17.0. The molecule has 0 N–H and O–H groups in total. The van der Waals surface area contributed by atoms with E-state index in [-0.39, 0.29) is 23.8 Å². The minimum Gasteiger partial charge on any atom is -0.493 e. The SMILES string of the molecule is CCCCCCCCCCCCCCOc1ccc(C(=O)N(Cc2cccnc2)C(C)=O)cc1C(C)(C)C. The van der Waals surface area contributed by atoms with Gasteiger partial charge in [-0.05, 0) is 41.7 Å². The highest BCUT2D eigenvalue weighted by Gasteiger charge is 2.25. The minimum absolute atomic E-state index is 0.198. The zero-order chi connectivity index (χ0) is 27.8. The number of carbonyl (C=O) groups is 2. The molecule has 0 aliphatic rings. The lowest BCUT2D eigenvalue weighted by atomic mass is 9.85. The van der Waals surface area contributed by atoms with Crippen LogP contribution in [0.25, 0.3) is 0 Å². The maximum absolute atomic E-state index is 13.3. The fourth-order valence-electron chi connectivity index (χ4n) is 4.66. The van der Waals surface area contributed by atoms with Crippen LogP contribution in [0.15, 0.2) is 42.7 Å². The Morgan fingerprint density at radius 1 is 0.868 bits per heavy atom. The summed E-state index contributed by atoms with van der Waals surface area (Å²) in [4.78, 5) is 31.0. The summed E-state index contributed by atoms with van der Waals surface area (Å²) in [6, 6.07) is 9.21. The van der Waals surface area contributed by atoms with Gasteiger partial charge in [0.15, 0.2) is 0 Å². The summed E-state index contributed by atoms with van der Waals surface area (Å²) in [7, 11) is 0. The fraction of sp³-hybridized carbons (Fsp3) is 0.606. The number of rotatable bonds is 17. The predicted molar refractivity (Wildman–Crippen MR) is 157 cm³/mol. The molecule has 38 heavy (non-hydrogen) atoms. The summed E-state index contributed by atoms with van der Waals surface area (Å²) in [5, 5.41) is 0. The van der Waals surface area contributed by atoms with Gasteiger partial charge in [-0.1, -0.05) is 104 Å². The number of nitrogens with zero attached hydrogens (tertiary/aromatic N) is 2. The van der Waals surface area contributed by atoms with Crippen LogP contribution in [-0.2, 0) is 16.8 Å². The molecule has 2 rings (SSSR count).